The third-order valence-electron chi connectivity index (χ3n) is 9.10. The molecule has 4 N–H and O–H groups in total. The Morgan fingerprint density at radius 3 is 2.24 bits per heavy atom. The molecule has 58 heavy (non-hydrogen) atoms. The first-order valence-corrected chi connectivity index (χ1v) is 18.9. The Bertz CT molecular complexity index is 2080. The van der Waals surface area contributed by atoms with Gasteiger partial charge >= 0.3 is 18.2 Å². The fourth-order valence-electron chi connectivity index (χ4n) is 5.97. The summed E-state index contributed by atoms with van der Waals surface area (Å²) in [6.45, 7) is 9.71. The smallest absolute Gasteiger partial charge is 0.410 e. The molecule has 4 amide bonds. The fraction of sp³-hybridized carbons (Fsp3) is 0.289. The second kappa shape index (κ2) is 22.1. The molecule has 1 aliphatic rings. The number of hydrogen-bond donors (Lipinski definition) is 4. The van der Waals surface area contributed by atoms with Crippen molar-refractivity contribution in [2.75, 3.05) is 24.0 Å². The van der Waals surface area contributed by atoms with E-state index in [1.54, 1.807) is 86.1 Å². The summed E-state index contributed by atoms with van der Waals surface area (Å²) in [5, 5.41) is 10.3. The van der Waals surface area contributed by atoms with Gasteiger partial charge in [0.05, 0.1) is 11.4 Å². The van der Waals surface area contributed by atoms with E-state index in [4.69, 9.17) is 14.2 Å². The molecule has 0 fully saturated rings. The molecule has 0 unspecified atom stereocenters. The highest BCUT2D eigenvalue weighted by Gasteiger charge is 2.26. The van der Waals surface area contributed by atoms with Crippen molar-refractivity contribution in [3.05, 3.63) is 148 Å². The minimum atomic E-state index is -0.971. The van der Waals surface area contributed by atoms with Crippen LogP contribution in [0.3, 0.4) is 0 Å². The van der Waals surface area contributed by atoms with Gasteiger partial charge in [0.15, 0.2) is 0 Å². The SMILES string of the molecule is CC1=C(/C=C/C(C)=C/C=C/C(C)=C/C(=O)OCOC(=O)NCC(=O)Nc2ccccc2NC(=O)c2ccc(CNC(=O)OCc3cccnc3)cc2)C(C)(C)CCC1. The highest BCUT2D eigenvalue weighted by molar-refractivity contribution is 6.07. The molecular formula is C45H51N5O8. The van der Waals surface area contributed by atoms with Crippen LogP contribution in [0.2, 0.25) is 0 Å². The van der Waals surface area contributed by atoms with Crippen LogP contribution in [0, 0.1) is 5.41 Å². The highest BCUT2D eigenvalue weighted by atomic mass is 16.7. The average molecular weight is 790 g/mol. The van der Waals surface area contributed by atoms with Crippen molar-refractivity contribution in [1.29, 1.82) is 0 Å². The maximum Gasteiger partial charge on any atom is 0.410 e. The molecule has 1 heterocycles. The van der Waals surface area contributed by atoms with Crippen molar-refractivity contribution < 1.29 is 38.2 Å². The van der Waals surface area contributed by atoms with Crippen LogP contribution in [-0.2, 0) is 37.0 Å². The molecular weight excluding hydrogens is 739 g/mol. The van der Waals surface area contributed by atoms with Crippen molar-refractivity contribution in [2.45, 2.75) is 67.0 Å². The van der Waals surface area contributed by atoms with Crippen molar-refractivity contribution >= 4 is 41.3 Å². The summed E-state index contributed by atoms with van der Waals surface area (Å²) in [7, 11) is 0. The predicted octanol–water partition coefficient (Wildman–Crippen LogP) is 8.46. The van der Waals surface area contributed by atoms with E-state index < -0.39 is 43.3 Å². The summed E-state index contributed by atoms with van der Waals surface area (Å²) in [4.78, 5) is 66.0. The van der Waals surface area contributed by atoms with E-state index in [0.29, 0.717) is 22.5 Å². The number of carbonyl (C=O) groups excluding carboxylic acids is 5. The molecule has 3 aromatic rings. The van der Waals surface area contributed by atoms with E-state index in [0.717, 1.165) is 23.1 Å². The van der Waals surface area contributed by atoms with Crippen LogP contribution in [0.5, 0.6) is 0 Å². The van der Waals surface area contributed by atoms with Crippen LogP contribution in [0.25, 0.3) is 0 Å². The number of amides is 4. The second-order valence-electron chi connectivity index (χ2n) is 14.3. The first-order valence-electron chi connectivity index (χ1n) is 18.9. The first-order chi connectivity index (χ1) is 27.8. The Hall–Kier alpha value is -6.76. The summed E-state index contributed by atoms with van der Waals surface area (Å²) in [6, 6.07) is 16.7. The molecule has 13 heteroatoms. The molecule has 1 aliphatic carbocycles. The van der Waals surface area contributed by atoms with Gasteiger partial charge in [0, 0.05) is 36.1 Å². The van der Waals surface area contributed by atoms with Crippen molar-refractivity contribution in [3.63, 3.8) is 0 Å². The van der Waals surface area contributed by atoms with E-state index in [-0.39, 0.29) is 18.6 Å². The largest absolute Gasteiger partial charge is 0.445 e. The summed E-state index contributed by atoms with van der Waals surface area (Å²) in [5.74, 6) is -1.73. The number of nitrogens with zero attached hydrogens (tertiary/aromatic N) is 1. The normalized spacial score (nSPS) is 14.2. The standard InChI is InChI=1S/C45H51N5O8/c1-31(17-22-37-33(3)13-9-23-45(37,4)5)11-8-12-32(2)25-41(52)57-30-58-44(55)48-28-40(51)49-38-15-6-7-16-39(38)50-42(53)36-20-18-34(19-21-36)27-47-43(54)56-29-35-14-10-24-46-26-35/h6-8,10-12,14-22,24-26H,9,13,23,27-30H2,1-5H3,(H,47,54)(H,48,55)(H,49,51)(H,50,53)/b12-8+,22-17+,31-11+,32-25+. The zero-order chi connectivity index (χ0) is 41.9. The zero-order valence-electron chi connectivity index (χ0n) is 33.6. The zero-order valence-corrected chi connectivity index (χ0v) is 33.6. The Morgan fingerprint density at radius 2 is 1.53 bits per heavy atom. The van der Waals surface area contributed by atoms with Gasteiger partial charge in [0.1, 0.15) is 13.2 Å². The Morgan fingerprint density at radius 1 is 0.810 bits per heavy atom. The third-order valence-corrected chi connectivity index (χ3v) is 9.10. The minimum absolute atomic E-state index is 0.0919. The highest BCUT2D eigenvalue weighted by Crippen LogP contribution is 2.40. The molecule has 304 valence electrons. The number of esters is 1. The number of pyridine rings is 1. The van der Waals surface area contributed by atoms with E-state index in [2.05, 4.69) is 59.2 Å². The van der Waals surface area contributed by atoms with Gasteiger partial charge in [0.25, 0.3) is 5.91 Å². The Kier molecular flexibility index (Phi) is 16.8. The molecule has 1 aromatic heterocycles. The van der Waals surface area contributed by atoms with Crippen LogP contribution in [0.15, 0.2) is 132 Å². The lowest BCUT2D eigenvalue weighted by Gasteiger charge is -2.32. The lowest BCUT2D eigenvalue weighted by Crippen LogP contribution is -2.34. The van der Waals surface area contributed by atoms with Gasteiger partial charge in [0.2, 0.25) is 12.7 Å². The number of rotatable bonds is 16. The Labute approximate surface area is 339 Å². The number of alkyl carbamates (subject to hydrolysis) is 2. The summed E-state index contributed by atoms with van der Waals surface area (Å²) < 4.78 is 15.0. The maximum absolute atomic E-state index is 13.0. The molecule has 0 spiro atoms. The van der Waals surface area contributed by atoms with Crippen LogP contribution in [-0.4, -0.2) is 48.3 Å². The fourth-order valence-corrected chi connectivity index (χ4v) is 5.97. The van der Waals surface area contributed by atoms with E-state index >= 15 is 0 Å². The van der Waals surface area contributed by atoms with Crippen molar-refractivity contribution in [1.82, 2.24) is 15.6 Å². The molecule has 0 bridgehead atoms. The number of ether oxygens (including phenoxy) is 3. The van der Waals surface area contributed by atoms with Gasteiger partial charge < -0.3 is 35.5 Å². The van der Waals surface area contributed by atoms with Crippen LogP contribution in [0.1, 0.15) is 75.4 Å². The first kappa shape index (κ1) is 44.0. The number of allylic oxidation sites excluding steroid dienone is 9. The number of benzene rings is 2. The van der Waals surface area contributed by atoms with Gasteiger partial charge in [-0.2, -0.15) is 0 Å². The number of para-hydroxylation sites is 2. The van der Waals surface area contributed by atoms with E-state index in [1.807, 2.05) is 19.1 Å². The second-order valence-corrected chi connectivity index (χ2v) is 14.3. The maximum atomic E-state index is 13.0. The third kappa shape index (κ3) is 15.1. The predicted molar refractivity (Wildman–Crippen MR) is 222 cm³/mol. The summed E-state index contributed by atoms with van der Waals surface area (Å²) in [6.07, 6.45) is 16.4. The molecule has 0 saturated heterocycles. The summed E-state index contributed by atoms with van der Waals surface area (Å²) >= 11 is 0. The van der Waals surface area contributed by atoms with Crippen LogP contribution >= 0.6 is 0 Å². The number of hydrogen-bond acceptors (Lipinski definition) is 9. The molecule has 4 rings (SSSR count). The average Bonchev–Trinajstić information content (AvgIpc) is 3.19. The van der Waals surface area contributed by atoms with Gasteiger partial charge in [-0.25, -0.2) is 14.4 Å². The number of nitrogens with one attached hydrogen (secondary N) is 4. The molecule has 0 radical (unpaired) electrons. The molecule has 13 nitrogen and oxygen atoms in total. The molecule has 0 saturated carbocycles. The topological polar surface area (TPSA) is 174 Å². The lowest BCUT2D eigenvalue weighted by molar-refractivity contribution is -0.145. The van der Waals surface area contributed by atoms with Crippen LogP contribution < -0.4 is 21.3 Å². The van der Waals surface area contributed by atoms with Crippen molar-refractivity contribution in [3.8, 4) is 0 Å². The number of carbonyl (C=O) groups is 5. The van der Waals surface area contributed by atoms with E-state index in [9.17, 15) is 24.0 Å². The Balaban J connectivity index is 1.14. The van der Waals surface area contributed by atoms with Crippen LogP contribution in [0.4, 0.5) is 21.0 Å². The number of anilines is 2. The van der Waals surface area contributed by atoms with Gasteiger partial charge in [-0.3, -0.25) is 14.6 Å². The monoisotopic (exact) mass is 789 g/mol. The molecule has 0 aliphatic heterocycles. The van der Waals surface area contributed by atoms with Crippen molar-refractivity contribution in [2.24, 2.45) is 5.41 Å². The van der Waals surface area contributed by atoms with Gasteiger partial charge in [-0.15, -0.1) is 0 Å². The van der Waals surface area contributed by atoms with E-state index in [1.165, 1.54) is 30.1 Å². The summed E-state index contributed by atoms with van der Waals surface area (Å²) in [5.41, 5.74) is 7.19. The quantitative estimate of drug-likeness (QED) is 0.0481. The molecule has 2 aromatic carbocycles. The number of aromatic nitrogens is 1. The minimum Gasteiger partial charge on any atom is -0.445 e. The lowest BCUT2D eigenvalue weighted by atomic mass is 9.72. The van der Waals surface area contributed by atoms with Gasteiger partial charge in [-0.05, 0) is 92.5 Å². The van der Waals surface area contributed by atoms with Gasteiger partial charge in [-0.1, -0.05) is 85.7 Å². The molecule has 0 atom stereocenters.